The average Bonchev–Trinajstić information content (AvgIpc) is 1.60. The van der Waals surface area contributed by atoms with Crippen LogP contribution in [0.4, 0.5) is 0 Å². The van der Waals surface area contributed by atoms with Gasteiger partial charge in [0.2, 0.25) is 0 Å². The van der Waals surface area contributed by atoms with Gasteiger partial charge in [-0.2, -0.15) is 0 Å². The Labute approximate surface area is 65.2 Å². The van der Waals surface area contributed by atoms with Gasteiger partial charge < -0.3 is 10.8 Å². The number of rotatable bonds is 3. The summed E-state index contributed by atoms with van der Waals surface area (Å²) in [5.74, 6) is -0.971. The molecule has 3 nitrogen and oxygen atoms in total. The maximum Gasteiger partial charge on any atom is 0.339 e. The molecular weight excluding hydrogens is 154 g/mol. The van der Waals surface area contributed by atoms with Crippen molar-refractivity contribution < 1.29 is 9.90 Å². The zero-order valence-electron chi connectivity index (χ0n) is 6.10. The van der Waals surface area contributed by atoms with E-state index >= 15 is 0 Å². The lowest BCUT2D eigenvalue weighted by atomic mass is 10.0. The molecule has 0 rings (SSSR count). The van der Waals surface area contributed by atoms with E-state index in [0.717, 1.165) is 0 Å². The van der Waals surface area contributed by atoms with E-state index in [2.05, 4.69) is 0 Å². The number of alkyl halides is 1. The van der Waals surface area contributed by atoms with Crippen LogP contribution in [-0.2, 0) is 4.79 Å². The molecule has 0 aliphatic heterocycles. The van der Waals surface area contributed by atoms with Gasteiger partial charge >= 0.3 is 5.97 Å². The van der Waals surface area contributed by atoms with Crippen LogP contribution in [0.15, 0.2) is 0 Å². The Kier molecular flexibility index (Phi) is 3.12. The van der Waals surface area contributed by atoms with Crippen molar-refractivity contribution in [2.24, 2.45) is 11.7 Å². The van der Waals surface area contributed by atoms with Crippen LogP contribution in [0.25, 0.3) is 0 Å². The Morgan fingerprint density at radius 2 is 2.20 bits per heavy atom. The van der Waals surface area contributed by atoms with Crippen molar-refractivity contribution in [1.29, 1.82) is 0 Å². The fourth-order valence-corrected chi connectivity index (χ4v) is 0.990. The van der Waals surface area contributed by atoms with Gasteiger partial charge in [0.15, 0.2) is 5.00 Å². The molecule has 60 valence electrons. The van der Waals surface area contributed by atoms with Crippen LogP contribution in [0, 0.1) is 5.92 Å². The maximum atomic E-state index is 10.3. The number of aliphatic carboxylic acids is 1. The molecule has 0 aromatic rings. The van der Waals surface area contributed by atoms with Gasteiger partial charge in [0.1, 0.15) is 0 Å². The Hall–Kier alpha value is -0.280. The molecule has 0 unspecified atom stereocenters. The van der Waals surface area contributed by atoms with Crippen LogP contribution in [-0.4, -0.2) is 16.1 Å². The fourth-order valence-electron chi connectivity index (χ4n) is 0.681. The molecule has 0 bridgehead atoms. The third-order valence-corrected chi connectivity index (χ3v) is 1.38. The third kappa shape index (κ3) is 3.03. The second-order valence-electron chi connectivity index (χ2n) is 2.77. The monoisotopic (exact) mass is 165 g/mol. The molecule has 0 aromatic heterocycles. The van der Waals surface area contributed by atoms with E-state index < -0.39 is 11.0 Å². The van der Waals surface area contributed by atoms with Crippen molar-refractivity contribution in [2.45, 2.75) is 25.3 Å². The highest BCUT2D eigenvalue weighted by atomic mass is 35.5. The van der Waals surface area contributed by atoms with E-state index in [1.54, 1.807) is 0 Å². The Bertz CT molecular complexity index is 134. The number of carboxylic acid groups (broad SMARTS) is 1. The van der Waals surface area contributed by atoms with Gasteiger partial charge in [-0.25, -0.2) is 4.79 Å². The highest BCUT2D eigenvalue weighted by Gasteiger charge is 2.31. The highest BCUT2D eigenvalue weighted by molar-refractivity contribution is 6.33. The molecule has 4 heteroatoms. The summed E-state index contributed by atoms with van der Waals surface area (Å²) in [7, 11) is 0. The topological polar surface area (TPSA) is 63.3 Å². The van der Waals surface area contributed by atoms with Crippen LogP contribution < -0.4 is 5.73 Å². The molecular formula is C6H12ClNO2. The smallest absolute Gasteiger partial charge is 0.339 e. The van der Waals surface area contributed by atoms with Crippen LogP contribution in [0.5, 0.6) is 0 Å². The van der Waals surface area contributed by atoms with E-state index in [9.17, 15) is 4.79 Å². The summed E-state index contributed by atoms with van der Waals surface area (Å²) in [6, 6.07) is 0. The first kappa shape index (κ1) is 9.72. The Morgan fingerprint density at radius 1 is 1.80 bits per heavy atom. The highest BCUT2D eigenvalue weighted by Crippen LogP contribution is 2.18. The molecule has 0 saturated carbocycles. The second kappa shape index (κ2) is 3.21. The van der Waals surface area contributed by atoms with Crippen molar-refractivity contribution in [3.63, 3.8) is 0 Å². The average molecular weight is 166 g/mol. The molecule has 0 radical (unpaired) electrons. The van der Waals surface area contributed by atoms with E-state index in [4.69, 9.17) is 22.4 Å². The molecule has 0 fully saturated rings. The minimum absolute atomic E-state index is 0.193. The summed E-state index contributed by atoms with van der Waals surface area (Å²) in [4.78, 5) is 8.71. The normalized spacial score (nSPS) is 16.9. The van der Waals surface area contributed by atoms with Gasteiger partial charge in [0.25, 0.3) is 0 Å². The molecule has 0 aliphatic rings. The summed E-state index contributed by atoms with van der Waals surface area (Å²) in [6.07, 6.45) is 0.282. The lowest BCUT2D eigenvalue weighted by Gasteiger charge is -2.18. The zero-order chi connectivity index (χ0) is 8.36. The van der Waals surface area contributed by atoms with Crippen molar-refractivity contribution in [2.75, 3.05) is 0 Å². The van der Waals surface area contributed by atoms with Crippen molar-refractivity contribution in [3.8, 4) is 0 Å². The van der Waals surface area contributed by atoms with Gasteiger partial charge in [0, 0.05) is 0 Å². The van der Waals surface area contributed by atoms with E-state index in [0.29, 0.717) is 0 Å². The molecule has 0 heterocycles. The first-order valence-electron chi connectivity index (χ1n) is 3.07. The van der Waals surface area contributed by atoms with Crippen molar-refractivity contribution in [3.05, 3.63) is 0 Å². The third-order valence-electron chi connectivity index (χ3n) is 1.06. The summed E-state index contributed by atoms with van der Waals surface area (Å²) in [5.41, 5.74) is 5.23. The quantitative estimate of drug-likeness (QED) is 0.485. The number of carboxylic acids is 1. The van der Waals surface area contributed by atoms with E-state index in [1.807, 2.05) is 13.8 Å². The molecule has 3 N–H and O–H groups in total. The second-order valence-corrected chi connectivity index (χ2v) is 3.44. The van der Waals surface area contributed by atoms with Crippen LogP contribution in [0.3, 0.4) is 0 Å². The van der Waals surface area contributed by atoms with E-state index in [-0.39, 0.29) is 12.3 Å². The Balaban J connectivity index is 4.00. The fraction of sp³-hybridized carbons (Fsp3) is 0.833. The SMILES string of the molecule is CC(C)C[C@@](N)(Cl)C(=O)O. The zero-order valence-corrected chi connectivity index (χ0v) is 6.85. The van der Waals surface area contributed by atoms with Gasteiger partial charge in [-0.05, 0) is 12.3 Å². The molecule has 0 spiro atoms. The summed E-state index contributed by atoms with van der Waals surface area (Å²) in [6.45, 7) is 3.74. The first-order chi connectivity index (χ1) is 4.36. The number of carbonyl (C=O) groups is 1. The van der Waals surface area contributed by atoms with Gasteiger partial charge in [0.05, 0.1) is 0 Å². The van der Waals surface area contributed by atoms with Crippen molar-refractivity contribution in [1.82, 2.24) is 0 Å². The molecule has 0 aliphatic carbocycles. The summed E-state index contributed by atoms with van der Waals surface area (Å²) >= 11 is 5.44. The van der Waals surface area contributed by atoms with Gasteiger partial charge in [-0.1, -0.05) is 25.4 Å². The molecule has 1 atom stereocenters. The predicted molar refractivity (Wildman–Crippen MR) is 39.9 cm³/mol. The standard InChI is InChI=1S/C6H12ClNO2/c1-4(2)3-6(7,8)5(9)10/h4H,3,8H2,1-2H3,(H,9,10)/t6-/m0/s1. The van der Waals surface area contributed by atoms with Crippen LogP contribution in [0.1, 0.15) is 20.3 Å². The van der Waals surface area contributed by atoms with Gasteiger partial charge in [-0.15, -0.1) is 0 Å². The molecule has 10 heavy (non-hydrogen) atoms. The molecule has 0 amide bonds. The number of nitrogens with two attached hydrogens (primary N) is 1. The molecule has 0 saturated heterocycles. The summed E-state index contributed by atoms with van der Waals surface area (Å²) < 4.78 is 0. The maximum absolute atomic E-state index is 10.3. The summed E-state index contributed by atoms with van der Waals surface area (Å²) in [5, 5.41) is 8.43. The van der Waals surface area contributed by atoms with Crippen LogP contribution >= 0.6 is 11.6 Å². The predicted octanol–water partition coefficient (Wildman–Crippen LogP) is 1.01. The van der Waals surface area contributed by atoms with Gasteiger partial charge in [-0.3, -0.25) is 0 Å². The van der Waals surface area contributed by atoms with E-state index in [1.165, 1.54) is 0 Å². The largest absolute Gasteiger partial charge is 0.479 e. The van der Waals surface area contributed by atoms with Crippen molar-refractivity contribution >= 4 is 17.6 Å². The number of hydrogen-bond donors (Lipinski definition) is 2. The van der Waals surface area contributed by atoms with Crippen LogP contribution in [0.2, 0.25) is 0 Å². The minimum atomic E-state index is -1.59. The molecule has 0 aromatic carbocycles. The Morgan fingerprint density at radius 3 is 2.30 bits per heavy atom. The lowest BCUT2D eigenvalue weighted by Crippen LogP contribution is -2.43. The lowest BCUT2D eigenvalue weighted by molar-refractivity contribution is -0.140. The minimum Gasteiger partial charge on any atom is -0.479 e. The number of hydrogen-bond acceptors (Lipinski definition) is 2. The first-order valence-corrected chi connectivity index (χ1v) is 3.45. The number of halogens is 1.